The molecule has 0 saturated carbocycles. The van der Waals surface area contributed by atoms with Gasteiger partial charge >= 0.3 is 5.51 Å². The fraction of sp³-hybridized carbons (Fsp3) is 0.250. The minimum atomic E-state index is -4.54. The Morgan fingerprint density at radius 1 is 1.44 bits per heavy atom. The Hall–Kier alpha value is -0.760. The second kappa shape index (κ2) is 4.62. The molecule has 0 saturated heterocycles. The Kier molecular flexibility index (Phi) is 3.84. The van der Waals surface area contributed by atoms with E-state index in [1.807, 2.05) is 0 Å². The summed E-state index contributed by atoms with van der Waals surface area (Å²) >= 11 is 2.53. The van der Waals surface area contributed by atoms with Gasteiger partial charge in [0.1, 0.15) is 0 Å². The van der Waals surface area contributed by atoms with Crippen LogP contribution in [-0.2, 0) is 0 Å². The first-order chi connectivity index (χ1) is 7.20. The molecule has 0 aromatic heterocycles. The highest BCUT2D eigenvalue weighted by molar-refractivity contribution is 9.10. The summed E-state index contributed by atoms with van der Waals surface area (Å²) in [6, 6.07) is 2.46. The zero-order chi connectivity index (χ0) is 12.5. The van der Waals surface area contributed by atoms with E-state index in [1.54, 1.807) is 0 Å². The zero-order valence-electron chi connectivity index (χ0n) is 7.84. The van der Waals surface area contributed by atoms with Crippen molar-refractivity contribution < 1.29 is 18.1 Å². The maximum Gasteiger partial charge on any atom is 0.446 e. The van der Waals surface area contributed by atoms with Gasteiger partial charge in [-0.25, -0.2) is 0 Å². The van der Waals surface area contributed by atoms with Crippen molar-refractivity contribution in [1.29, 1.82) is 0 Å². The normalized spacial score (nSPS) is 11.6. The van der Waals surface area contributed by atoms with Crippen molar-refractivity contribution in [2.75, 3.05) is 0 Å². The van der Waals surface area contributed by atoms with Crippen LogP contribution in [0.25, 0.3) is 0 Å². The highest BCUT2D eigenvalue weighted by Gasteiger charge is 2.34. The van der Waals surface area contributed by atoms with Crippen LogP contribution in [0.15, 0.2) is 21.5 Å². The van der Waals surface area contributed by atoms with Crippen LogP contribution >= 0.6 is 27.7 Å². The second-order valence-corrected chi connectivity index (χ2v) is 4.87. The van der Waals surface area contributed by atoms with Crippen molar-refractivity contribution in [2.24, 2.45) is 0 Å². The van der Waals surface area contributed by atoms with Crippen molar-refractivity contribution in [3.05, 3.63) is 32.3 Å². The molecular formula is C8H5BrF3NO2S. The van der Waals surface area contributed by atoms with Crippen LogP contribution in [0.5, 0.6) is 0 Å². The molecule has 0 fully saturated rings. The van der Waals surface area contributed by atoms with Crippen LogP contribution in [0.3, 0.4) is 0 Å². The van der Waals surface area contributed by atoms with Gasteiger partial charge in [-0.05, 0) is 30.3 Å². The van der Waals surface area contributed by atoms with Gasteiger partial charge in [0, 0.05) is 10.5 Å². The number of benzene rings is 1. The molecule has 1 aromatic rings. The second-order valence-electron chi connectivity index (χ2n) is 2.88. The SMILES string of the molecule is Cc1cc(Br)cc([N+](=O)[O-])c1SC(F)(F)F. The average Bonchev–Trinajstić information content (AvgIpc) is 2.07. The molecule has 0 bridgehead atoms. The Balaban J connectivity index is 3.30. The summed E-state index contributed by atoms with van der Waals surface area (Å²) in [4.78, 5) is 9.41. The zero-order valence-corrected chi connectivity index (χ0v) is 10.2. The monoisotopic (exact) mass is 315 g/mol. The maximum atomic E-state index is 12.2. The van der Waals surface area contributed by atoms with E-state index in [9.17, 15) is 23.3 Å². The average molecular weight is 316 g/mol. The van der Waals surface area contributed by atoms with E-state index in [0.29, 0.717) is 4.47 Å². The lowest BCUT2D eigenvalue weighted by atomic mass is 10.2. The van der Waals surface area contributed by atoms with Gasteiger partial charge in [0.25, 0.3) is 5.69 Å². The van der Waals surface area contributed by atoms with Crippen LogP contribution in [0, 0.1) is 17.0 Å². The van der Waals surface area contributed by atoms with Gasteiger partial charge in [-0.1, -0.05) is 15.9 Å². The molecule has 88 valence electrons. The van der Waals surface area contributed by atoms with Gasteiger partial charge in [0.2, 0.25) is 0 Å². The standard InChI is InChI=1S/C8H5BrF3NO2S/c1-4-2-5(9)3-6(13(14)15)7(4)16-8(10,11)12/h2-3H,1H3. The smallest absolute Gasteiger partial charge is 0.258 e. The fourth-order valence-corrected chi connectivity index (χ4v) is 2.35. The first kappa shape index (κ1) is 13.3. The summed E-state index contributed by atoms with van der Waals surface area (Å²) in [5.41, 5.74) is -4.87. The number of nitro benzene ring substituents is 1. The van der Waals surface area contributed by atoms with Gasteiger partial charge in [-0.15, -0.1) is 0 Å². The van der Waals surface area contributed by atoms with Crippen molar-refractivity contribution in [3.63, 3.8) is 0 Å². The van der Waals surface area contributed by atoms with Crippen LogP contribution < -0.4 is 0 Å². The summed E-state index contributed by atoms with van der Waals surface area (Å²) in [5.74, 6) is 0. The minimum absolute atomic E-state index is 0.211. The van der Waals surface area contributed by atoms with Gasteiger partial charge in [-0.2, -0.15) is 13.2 Å². The predicted molar refractivity (Wildman–Crippen MR) is 57.4 cm³/mol. The molecule has 0 N–H and O–H groups in total. The predicted octanol–water partition coefficient (Wildman–Crippen LogP) is 4.28. The van der Waals surface area contributed by atoms with Crippen LogP contribution in [0.4, 0.5) is 18.9 Å². The molecule has 0 heterocycles. The first-order valence-electron chi connectivity index (χ1n) is 3.91. The van der Waals surface area contributed by atoms with Crippen molar-refractivity contribution >= 4 is 33.4 Å². The third-order valence-electron chi connectivity index (χ3n) is 1.63. The number of hydrogen-bond donors (Lipinski definition) is 0. The van der Waals surface area contributed by atoms with Gasteiger partial charge in [0.05, 0.1) is 9.82 Å². The quantitative estimate of drug-likeness (QED) is 0.465. The number of hydrogen-bond acceptors (Lipinski definition) is 3. The number of aryl methyl sites for hydroxylation is 1. The summed E-state index contributed by atoms with van der Waals surface area (Å²) in [6.07, 6.45) is 0. The molecule has 0 amide bonds. The largest absolute Gasteiger partial charge is 0.446 e. The molecule has 16 heavy (non-hydrogen) atoms. The molecule has 3 nitrogen and oxygen atoms in total. The third-order valence-corrected chi connectivity index (χ3v) is 3.06. The Labute approximate surface area is 101 Å². The molecule has 0 radical (unpaired) electrons. The molecular weight excluding hydrogens is 311 g/mol. The van der Waals surface area contributed by atoms with Gasteiger partial charge in [0.15, 0.2) is 0 Å². The molecule has 0 atom stereocenters. The van der Waals surface area contributed by atoms with Crippen molar-refractivity contribution in [3.8, 4) is 0 Å². The fourth-order valence-electron chi connectivity index (χ4n) is 1.10. The summed E-state index contributed by atoms with van der Waals surface area (Å²) < 4.78 is 37.0. The first-order valence-corrected chi connectivity index (χ1v) is 5.52. The van der Waals surface area contributed by atoms with E-state index in [1.165, 1.54) is 13.0 Å². The van der Waals surface area contributed by atoms with E-state index >= 15 is 0 Å². The van der Waals surface area contributed by atoms with Gasteiger partial charge in [-0.3, -0.25) is 10.1 Å². The van der Waals surface area contributed by atoms with Crippen molar-refractivity contribution in [2.45, 2.75) is 17.3 Å². The van der Waals surface area contributed by atoms with Crippen LogP contribution in [-0.4, -0.2) is 10.4 Å². The van der Waals surface area contributed by atoms with E-state index in [-0.39, 0.29) is 10.5 Å². The topological polar surface area (TPSA) is 43.1 Å². The summed E-state index contributed by atoms with van der Waals surface area (Å²) in [6.45, 7) is 1.39. The van der Waals surface area contributed by atoms with E-state index < -0.39 is 27.9 Å². The number of nitro groups is 1. The number of rotatable bonds is 2. The molecule has 1 rings (SSSR count). The van der Waals surface area contributed by atoms with Crippen LogP contribution in [0.2, 0.25) is 0 Å². The molecule has 0 spiro atoms. The van der Waals surface area contributed by atoms with E-state index in [0.717, 1.165) is 6.07 Å². The summed E-state index contributed by atoms with van der Waals surface area (Å²) in [5, 5.41) is 10.6. The summed E-state index contributed by atoms with van der Waals surface area (Å²) in [7, 11) is 0. The number of thioether (sulfide) groups is 1. The number of alkyl halides is 3. The molecule has 0 aliphatic heterocycles. The molecule has 0 aliphatic carbocycles. The lowest BCUT2D eigenvalue weighted by Crippen LogP contribution is -2.02. The minimum Gasteiger partial charge on any atom is -0.258 e. The van der Waals surface area contributed by atoms with Gasteiger partial charge < -0.3 is 0 Å². The Bertz CT molecular complexity index is 436. The highest BCUT2D eigenvalue weighted by atomic mass is 79.9. The number of halogens is 4. The van der Waals surface area contributed by atoms with E-state index in [4.69, 9.17) is 0 Å². The Morgan fingerprint density at radius 2 is 2.00 bits per heavy atom. The van der Waals surface area contributed by atoms with Crippen LogP contribution in [0.1, 0.15) is 5.56 Å². The molecule has 0 unspecified atom stereocenters. The van der Waals surface area contributed by atoms with Crippen molar-refractivity contribution in [1.82, 2.24) is 0 Å². The number of nitrogens with zero attached hydrogens (tertiary/aromatic N) is 1. The highest BCUT2D eigenvalue weighted by Crippen LogP contribution is 2.43. The third kappa shape index (κ3) is 3.38. The lowest BCUT2D eigenvalue weighted by molar-refractivity contribution is -0.387. The maximum absolute atomic E-state index is 12.2. The lowest BCUT2D eigenvalue weighted by Gasteiger charge is -2.09. The Morgan fingerprint density at radius 3 is 2.44 bits per heavy atom. The van der Waals surface area contributed by atoms with E-state index in [2.05, 4.69) is 15.9 Å². The molecule has 8 heteroatoms. The molecule has 0 aliphatic rings. The molecule has 1 aromatic carbocycles.